The van der Waals surface area contributed by atoms with E-state index in [9.17, 15) is 0 Å². The highest BCUT2D eigenvalue weighted by Gasteiger charge is 2.03. The van der Waals surface area contributed by atoms with Crippen LogP contribution in [0.4, 0.5) is 0 Å². The number of nitrogens with zero attached hydrogens (tertiary/aromatic N) is 2. The van der Waals surface area contributed by atoms with Crippen LogP contribution in [0, 0.1) is 6.92 Å². The van der Waals surface area contributed by atoms with Crippen molar-refractivity contribution >= 4 is 27.5 Å². The molecule has 0 saturated carbocycles. The van der Waals surface area contributed by atoms with Crippen molar-refractivity contribution in [3.63, 3.8) is 0 Å². The lowest BCUT2D eigenvalue weighted by molar-refractivity contribution is 0.372. The molecule has 2 aromatic rings. The first kappa shape index (κ1) is 13.5. The standard InChI is InChI=1S/C12H13BrClN3O/c1-8-16-12(18-17-8)4-5-15-7-9-6-10(13)2-3-11(9)14/h2-3,6,15H,4-5,7H2,1H3. The van der Waals surface area contributed by atoms with Crippen LogP contribution in [0.15, 0.2) is 27.2 Å². The van der Waals surface area contributed by atoms with E-state index in [2.05, 4.69) is 31.4 Å². The molecular weight excluding hydrogens is 318 g/mol. The molecule has 0 unspecified atom stereocenters. The zero-order valence-electron chi connectivity index (χ0n) is 9.91. The number of aryl methyl sites for hydroxylation is 1. The zero-order valence-corrected chi connectivity index (χ0v) is 12.3. The first-order valence-corrected chi connectivity index (χ1v) is 6.76. The number of hydrogen-bond donors (Lipinski definition) is 1. The average molecular weight is 331 g/mol. The summed E-state index contributed by atoms with van der Waals surface area (Å²) in [6.07, 6.45) is 0.715. The number of nitrogens with one attached hydrogen (secondary N) is 1. The molecule has 1 N–H and O–H groups in total. The Bertz CT molecular complexity index is 530. The highest BCUT2D eigenvalue weighted by Crippen LogP contribution is 2.20. The fraction of sp³-hybridized carbons (Fsp3) is 0.333. The maximum Gasteiger partial charge on any atom is 0.227 e. The van der Waals surface area contributed by atoms with E-state index in [1.807, 2.05) is 25.1 Å². The molecule has 0 spiro atoms. The Hall–Kier alpha value is -0.910. The zero-order chi connectivity index (χ0) is 13.0. The van der Waals surface area contributed by atoms with E-state index in [-0.39, 0.29) is 0 Å². The van der Waals surface area contributed by atoms with Gasteiger partial charge in [0.1, 0.15) is 0 Å². The summed E-state index contributed by atoms with van der Waals surface area (Å²) >= 11 is 9.52. The van der Waals surface area contributed by atoms with E-state index in [1.165, 1.54) is 0 Å². The van der Waals surface area contributed by atoms with Crippen LogP contribution in [0.2, 0.25) is 5.02 Å². The lowest BCUT2D eigenvalue weighted by Crippen LogP contribution is -2.17. The molecule has 0 amide bonds. The normalized spacial score (nSPS) is 10.8. The van der Waals surface area contributed by atoms with Gasteiger partial charge < -0.3 is 9.84 Å². The van der Waals surface area contributed by atoms with E-state index in [0.717, 1.165) is 21.6 Å². The smallest absolute Gasteiger partial charge is 0.227 e. The predicted octanol–water partition coefficient (Wildman–Crippen LogP) is 3.13. The van der Waals surface area contributed by atoms with Crippen LogP contribution in [0.3, 0.4) is 0 Å². The van der Waals surface area contributed by atoms with Crippen molar-refractivity contribution < 1.29 is 4.52 Å². The number of halogens is 2. The van der Waals surface area contributed by atoms with Crippen molar-refractivity contribution in [2.45, 2.75) is 19.9 Å². The lowest BCUT2D eigenvalue weighted by atomic mass is 10.2. The van der Waals surface area contributed by atoms with Crippen molar-refractivity contribution in [3.05, 3.63) is 45.0 Å². The Morgan fingerprint density at radius 3 is 3.00 bits per heavy atom. The van der Waals surface area contributed by atoms with Crippen LogP contribution in [0.1, 0.15) is 17.3 Å². The molecule has 0 aliphatic heterocycles. The topological polar surface area (TPSA) is 51.0 Å². The number of hydrogen-bond acceptors (Lipinski definition) is 4. The van der Waals surface area contributed by atoms with E-state index >= 15 is 0 Å². The number of aromatic nitrogens is 2. The van der Waals surface area contributed by atoms with E-state index in [0.29, 0.717) is 24.7 Å². The SMILES string of the molecule is Cc1noc(CCNCc2cc(Br)ccc2Cl)n1. The van der Waals surface area contributed by atoms with Crippen LogP contribution in [-0.4, -0.2) is 16.7 Å². The second kappa shape index (κ2) is 6.31. The molecule has 0 bridgehead atoms. The maximum absolute atomic E-state index is 6.09. The minimum atomic E-state index is 0.653. The molecule has 0 fully saturated rings. The molecule has 4 nitrogen and oxygen atoms in total. The Morgan fingerprint density at radius 1 is 1.44 bits per heavy atom. The van der Waals surface area contributed by atoms with Crippen molar-refractivity contribution in [2.24, 2.45) is 0 Å². The number of benzene rings is 1. The van der Waals surface area contributed by atoms with E-state index in [4.69, 9.17) is 16.1 Å². The van der Waals surface area contributed by atoms with Gasteiger partial charge in [0.2, 0.25) is 5.89 Å². The summed E-state index contributed by atoms with van der Waals surface area (Å²) in [5.41, 5.74) is 1.06. The van der Waals surface area contributed by atoms with Crippen LogP contribution < -0.4 is 5.32 Å². The van der Waals surface area contributed by atoms with E-state index < -0.39 is 0 Å². The highest BCUT2D eigenvalue weighted by atomic mass is 79.9. The molecule has 96 valence electrons. The molecule has 0 saturated heterocycles. The van der Waals surface area contributed by atoms with Gasteiger partial charge in [-0.15, -0.1) is 0 Å². The van der Waals surface area contributed by atoms with Crippen LogP contribution in [0.5, 0.6) is 0 Å². The van der Waals surface area contributed by atoms with E-state index in [1.54, 1.807) is 0 Å². The summed E-state index contributed by atoms with van der Waals surface area (Å²) in [5.74, 6) is 1.32. The second-order valence-corrected chi connectivity index (χ2v) is 5.22. The van der Waals surface area contributed by atoms with Gasteiger partial charge in [0.05, 0.1) is 0 Å². The Labute approximate surface area is 119 Å². The van der Waals surface area contributed by atoms with Crippen LogP contribution in [0.25, 0.3) is 0 Å². The molecule has 18 heavy (non-hydrogen) atoms. The first-order chi connectivity index (χ1) is 8.65. The molecule has 1 aromatic heterocycles. The minimum absolute atomic E-state index is 0.653. The maximum atomic E-state index is 6.09. The molecule has 1 aromatic carbocycles. The molecule has 0 aliphatic carbocycles. The summed E-state index contributed by atoms with van der Waals surface area (Å²) in [7, 11) is 0. The van der Waals surface area contributed by atoms with Crippen LogP contribution in [-0.2, 0) is 13.0 Å². The Kier molecular flexibility index (Phi) is 4.74. The molecule has 0 radical (unpaired) electrons. The molecular formula is C12H13BrClN3O. The lowest BCUT2D eigenvalue weighted by Gasteiger charge is -2.06. The van der Waals surface area contributed by atoms with Crippen molar-refractivity contribution in [3.8, 4) is 0 Å². The molecule has 0 aliphatic rings. The van der Waals surface area contributed by atoms with Gasteiger partial charge in [0.25, 0.3) is 0 Å². The van der Waals surface area contributed by atoms with Gasteiger partial charge in [0.15, 0.2) is 5.82 Å². The van der Waals surface area contributed by atoms with Crippen molar-refractivity contribution in [1.29, 1.82) is 0 Å². The largest absolute Gasteiger partial charge is 0.339 e. The van der Waals surface area contributed by atoms with Gasteiger partial charge in [-0.25, -0.2) is 0 Å². The minimum Gasteiger partial charge on any atom is -0.339 e. The van der Waals surface area contributed by atoms with Crippen LogP contribution >= 0.6 is 27.5 Å². The third kappa shape index (κ3) is 3.80. The highest BCUT2D eigenvalue weighted by molar-refractivity contribution is 9.10. The van der Waals surface area contributed by atoms with Gasteiger partial charge in [-0.1, -0.05) is 32.7 Å². The summed E-state index contributed by atoms with van der Waals surface area (Å²) in [5, 5.41) is 7.80. The molecule has 0 atom stereocenters. The summed E-state index contributed by atoms with van der Waals surface area (Å²) < 4.78 is 6.05. The fourth-order valence-electron chi connectivity index (χ4n) is 1.54. The predicted molar refractivity (Wildman–Crippen MR) is 73.6 cm³/mol. The quantitative estimate of drug-likeness (QED) is 0.856. The van der Waals surface area contributed by atoms with Gasteiger partial charge in [-0.05, 0) is 30.7 Å². The Balaban J connectivity index is 1.80. The third-order valence-corrected chi connectivity index (χ3v) is 3.27. The van der Waals surface area contributed by atoms with Gasteiger partial charge in [0, 0.05) is 29.0 Å². The summed E-state index contributed by atoms with van der Waals surface area (Å²) in [6.45, 7) is 3.29. The number of rotatable bonds is 5. The summed E-state index contributed by atoms with van der Waals surface area (Å²) in [4.78, 5) is 4.14. The molecule has 6 heteroatoms. The Morgan fingerprint density at radius 2 is 2.28 bits per heavy atom. The fourth-order valence-corrected chi connectivity index (χ4v) is 2.13. The second-order valence-electron chi connectivity index (χ2n) is 3.90. The van der Waals surface area contributed by atoms with Crippen molar-refractivity contribution in [1.82, 2.24) is 15.5 Å². The van der Waals surface area contributed by atoms with Gasteiger partial charge in [-0.2, -0.15) is 4.98 Å². The van der Waals surface area contributed by atoms with Gasteiger partial charge >= 0.3 is 0 Å². The molecule has 1 heterocycles. The van der Waals surface area contributed by atoms with Crippen molar-refractivity contribution in [2.75, 3.05) is 6.54 Å². The van der Waals surface area contributed by atoms with Gasteiger partial charge in [-0.3, -0.25) is 0 Å². The monoisotopic (exact) mass is 329 g/mol. The first-order valence-electron chi connectivity index (χ1n) is 5.59. The summed E-state index contributed by atoms with van der Waals surface area (Å²) in [6, 6.07) is 5.81. The average Bonchev–Trinajstić information content (AvgIpc) is 2.75. The third-order valence-electron chi connectivity index (χ3n) is 2.41. The molecule has 2 rings (SSSR count).